The van der Waals surface area contributed by atoms with Crippen molar-refractivity contribution in [2.24, 2.45) is 0 Å². The van der Waals surface area contributed by atoms with Crippen LogP contribution < -0.4 is 0 Å². The summed E-state index contributed by atoms with van der Waals surface area (Å²) in [6, 6.07) is 4.63. The predicted octanol–water partition coefficient (Wildman–Crippen LogP) is 1.78. The summed E-state index contributed by atoms with van der Waals surface area (Å²) in [5.74, 6) is 0.250. The van der Waals surface area contributed by atoms with E-state index in [0.29, 0.717) is 29.3 Å². The van der Waals surface area contributed by atoms with Crippen LogP contribution in [0.2, 0.25) is 5.02 Å². The van der Waals surface area contributed by atoms with Gasteiger partial charge in [-0.15, -0.1) is 10.2 Å². The lowest BCUT2D eigenvalue weighted by atomic mass is 10.1. The van der Waals surface area contributed by atoms with E-state index in [2.05, 4.69) is 20.6 Å². The molecule has 0 amide bonds. The van der Waals surface area contributed by atoms with Gasteiger partial charge in [0.05, 0.1) is 0 Å². The van der Waals surface area contributed by atoms with E-state index in [9.17, 15) is 4.39 Å². The number of H-pyrrole nitrogens is 1. The summed E-state index contributed by atoms with van der Waals surface area (Å²) in [5, 5.41) is 13.7. The first kappa shape index (κ1) is 10.0. The highest BCUT2D eigenvalue weighted by Crippen LogP contribution is 2.20. The van der Waals surface area contributed by atoms with Crippen molar-refractivity contribution in [3.05, 3.63) is 40.4 Å². The fraction of sp³-hybridized carbons (Fsp3) is 0.222. The topological polar surface area (TPSA) is 54.5 Å². The number of hydrogen-bond acceptors (Lipinski definition) is 3. The average molecular weight is 227 g/mol. The molecule has 0 saturated carbocycles. The summed E-state index contributed by atoms with van der Waals surface area (Å²) in [7, 11) is 0. The lowest BCUT2D eigenvalue weighted by molar-refractivity contribution is 0.607. The summed E-state index contributed by atoms with van der Waals surface area (Å²) < 4.78 is 13.3. The van der Waals surface area contributed by atoms with Crippen molar-refractivity contribution in [2.45, 2.75) is 12.8 Å². The zero-order chi connectivity index (χ0) is 10.7. The maximum absolute atomic E-state index is 13.3. The molecule has 6 heteroatoms. The second-order valence-corrected chi connectivity index (χ2v) is 3.44. The van der Waals surface area contributed by atoms with Crippen LogP contribution >= 0.6 is 11.6 Å². The predicted molar refractivity (Wildman–Crippen MR) is 53.0 cm³/mol. The molecule has 2 rings (SSSR count). The molecule has 1 aromatic carbocycles. The molecule has 0 spiro atoms. The van der Waals surface area contributed by atoms with Crippen molar-refractivity contribution in [1.82, 2.24) is 20.6 Å². The Morgan fingerprint density at radius 3 is 2.87 bits per heavy atom. The van der Waals surface area contributed by atoms with Gasteiger partial charge in [-0.2, -0.15) is 5.21 Å². The van der Waals surface area contributed by atoms with Gasteiger partial charge >= 0.3 is 0 Å². The van der Waals surface area contributed by atoms with Crippen LogP contribution in [-0.4, -0.2) is 20.6 Å². The molecule has 4 nitrogen and oxygen atoms in total. The minimum atomic E-state index is -0.300. The number of nitrogens with zero attached hydrogens (tertiary/aromatic N) is 3. The quantitative estimate of drug-likeness (QED) is 0.868. The van der Waals surface area contributed by atoms with E-state index in [1.807, 2.05) is 0 Å². The molecule has 78 valence electrons. The Labute approximate surface area is 90.5 Å². The van der Waals surface area contributed by atoms with E-state index in [1.165, 1.54) is 6.07 Å². The molecule has 0 aliphatic heterocycles. The third-order valence-corrected chi connectivity index (χ3v) is 2.40. The molecular formula is C9H8ClFN4. The van der Waals surface area contributed by atoms with Crippen molar-refractivity contribution in [3.63, 3.8) is 0 Å². The first-order chi connectivity index (χ1) is 7.27. The number of halogens is 2. The van der Waals surface area contributed by atoms with Crippen molar-refractivity contribution in [1.29, 1.82) is 0 Å². The monoisotopic (exact) mass is 226 g/mol. The van der Waals surface area contributed by atoms with Gasteiger partial charge in [-0.1, -0.05) is 22.9 Å². The molecule has 1 N–H and O–H groups in total. The Morgan fingerprint density at radius 1 is 1.33 bits per heavy atom. The van der Waals surface area contributed by atoms with Gasteiger partial charge in [0.25, 0.3) is 0 Å². The van der Waals surface area contributed by atoms with Gasteiger partial charge in [-0.05, 0) is 18.6 Å². The summed E-state index contributed by atoms with van der Waals surface area (Å²) >= 11 is 5.87. The van der Waals surface area contributed by atoms with E-state index >= 15 is 0 Å². The number of nitrogens with one attached hydrogen (secondary N) is 1. The van der Waals surface area contributed by atoms with Gasteiger partial charge in [0, 0.05) is 17.0 Å². The number of aromatic nitrogens is 4. The average Bonchev–Trinajstić information content (AvgIpc) is 2.70. The number of aryl methyl sites for hydroxylation is 1. The summed E-state index contributed by atoms with van der Waals surface area (Å²) in [5.41, 5.74) is 0.490. The third-order valence-electron chi connectivity index (χ3n) is 2.05. The van der Waals surface area contributed by atoms with Gasteiger partial charge in [0.15, 0.2) is 5.82 Å². The smallest absolute Gasteiger partial charge is 0.174 e. The van der Waals surface area contributed by atoms with Crippen LogP contribution in [0.25, 0.3) is 0 Å². The van der Waals surface area contributed by atoms with Crippen LogP contribution in [0.3, 0.4) is 0 Å². The zero-order valence-corrected chi connectivity index (χ0v) is 8.50. The lowest BCUT2D eigenvalue weighted by Crippen LogP contribution is -1.97. The van der Waals surface area contributed by atoms with Crippen molar-refractivity contribution < 1.29 is 4.39 Å². The number of benzene rings is 1. The van der Waals surface area contributed by atoms with E-state index in [4.69, 9.17) is 11.6 Å². The minimum absolute atomic E-state index is 0.300. The van der Waals surface area contributed by atoms with Crippen molar-refractivity contribution in [3.8, 4) is 0 Å². The molecule has 15 heavy (non-hydrogen) atoms. The third kappa shape index (κ3) is 2.30. The molecular weight excluding hydrogens is 219 g/mol. The summed E-state index contributed by atoms with van der Waals surface area (Å²) in [4.78, 5) is 0. The highest BCUT2D eigenvalue weighted by molar-refractivity contribution is 6.31. The van der Waals surface area contributed by atoms with E-state index in [0.717, 1.165) is 0 Å². The fourth-order valence-corrected chi connectivity index (χ4v) is 1.55. The number of tetrazole rings is 1. The van der Waals surface area contributed by atoms with E-state index in [1.54, 1.807) is 12.1 Å². The molecule has 0 aliphatic rings. The van der Waals surface area contributed by atoms with Gasteiger partial charge < -0.3 is 0 Å². The second kappa shape index (κ2) is 4.35. The number of rotatable bonds is 3. The fourth-order valence-electron chi connectivity index (χ4n) is 1.30. The molecule has 0 atom stereocenters. The van der Waals surface area contributed by atoms with E-state index < -0.39 is 0 Å². The SMILES string of the molecule is Fc1cccc(Cl)c1CCc1nn[nH]n1. The van der Waals surface area contributed by atoms with Gasteiger partial charge in [0.2, 0.25) is 0 Å². The van der Waals surface area contributed by atoms with Crippen LogP contribution in [0, 0.1) is 5.82 Å². The van der Waals surface area contributed by atoms with Crippen LogP contribution in [-0.2, 0) is 12.8 Å². The Balaban J connectivity index is 2.11. The molecule has 1 heterocycles. The summed E-state index contributed by atoms with van der Waals surface area (Å²) in [6.07, 6.45) is 0.974. The number of aromatic amines is 1. The first-order valence-electron chi connectivity index (χ1n) is 4.42. The molecule has 2 aromatic rings. The van der Waals surface area contributed by atoms with Gasteiger partial charge in [0.1, 0.15) is 5.82 Å². The minimum Gasteiger partial charge on any atom is -0.207 e. The Morgan fingerprint density at radius 2 is 2.20 bits per heavy atom. The molecule has 0 aliphatic carbocycles. The normalized spacial score (nSPS) is 10.5. The Hall–Kier alpha value is -1.49. The van der Waals surface area contributed by atoms with Crippen molar-refractivity contribution in [2.75, 3.05) is 0 Å². The first-order valence-corrected chi connectivity index (χ1v) is 4.80. The number of hydrogen-bond donors (Lipinski definition) is 1. The van der Waals surface area contributed by atoms with Crippen molar-refractivity contribution >= 4 is 11.6 Å². The maximum Gasteiger partial charge on any atom is 0.174 e. The van der Waals surface area contributed by atoms with Gasteiger partial charge in [-0.25, -0.2) is 4.39 Å². The molecule has 0 radical (unpaired) electrons. The highest BCUT2D eigenvalue weighted by Gasteiger charge is 2.08. The molecule has 0 saturated heterocycles. The molecule has 0 unspecified atom stereocenters. The lowest BCUT2D eigenvalue weighted by Gasteiger charge is -2.03. The van der Waals surface area contributed by atoms with E-state index in [-0.39, 0.29) is 5.82 Å². The standard InChI is InChI=1S/C9H8ClFN4/c10-7-2-1-3-8(11)6(7)4-5-9-12-14-15-13-9/h1-3H,4-5H2,(H,12,13,14,15). The molecule has 0 bridgehead atoms. The molecule has 0 fully saturated rings. The Bertz CT molecular complexity index is 423. The second-order valence-electron chi connectivity index (χ2n) is 3.03. The summed E-state index contributed by atoms with van der Waals surface area (Å²) in [6.45, 7) is 0. The van der Waals surface area contributed by atoms with Crippen LogP contribution in [0.4, 0.5) is 4.39 Å². The zero-order valence-electron chi connectivity index (χ0n) is 7.74. The van der Waals surface area contributed by atoms with Crippen LogP contribution in [0.15, 0.2) is 18.2 Å². The highest BCUT2D eigenvalue weighted by atomic mass is 35.5. The largest absolute Gasteiger partial charge is 0.207 e. The molecule has 1 aromatic heterocycles. The maximum atomic E-state index is 13.3. The van der Waals surface area contributed by atoms with Gasteiger partial charge in [-0.3, -0.25) is 0 Å². The van der Waals surface area contributed by atoms with Crippen LogP contribution in [0.1, 0.15) is 11.4 Å². The van der Waals surface area contributed by atoms with Crippen LogP contribution in [0.5, 0.6) is 0 Å². The Kier molecular flexibility index (Phi) is 2.91.